The summed E-state index contributed by atoms with van der Waals surface area (Å²) in [5, 5.41) is 4.19. The largest absolute Gasteiger partial charge is 0.495 e. The van der Waals surface area contributed by atoms with Crippen molar-refractivity contribution in [2.45, 2.75) is 11.3 Å². The molecular weight excluding hydrogens is 463 g/mol. The predicted molar refractivity (Wildman–Crippen MR) is 123 cm³/mol. The number of nitrogens with one attached hydrogen (secondary N) is 1. The number of fused-ring (bicyclic) bond motifs is 1. The third-order valence-corrected chi connectivity index (χ3v) is 7.09. The van der Waals surface area contributed by atoms with Crippen LogP contribution in [0, 0.1) is 5.82 Å². The molecule has 176 valence electrons. The first kappa shape index (κ1) is 22.0. The van der Waals surface area contributed by atoms with Gasteiger partial charge in [-0.05, 0) is 30.2 Å². The molecule has 0 saturated carbocycles. The van der Waals surface area contributed by atoms with Gasteiger partial charge in [-0.3, -0.25) is 9.48 Å². The Bertz CT molecular complexity index is 1520. The number of halogens is 1. The van der Waals surface area contributed by atoms with Crippen molar-refractivity contribution in [3.8, 4) is 16.9 Å². The first-order chi connectivity index (χ1) is 16.2. The van der Waals surface area contributed by atoms with E-state index in [1.807, 2.05) is 9.62 Å². The lowest BCUT2D eigenvalue weighted by Gasteiger charge is -2.33. The van der Waals surface area contributed by atoms with Gasteiger partial charge in [-0.1, -0.05) is 6.07 Å². The van der Waals surface area contributed by atoms with Crippen LogP contribution in [0.3, 0.4) is 0 Å². The lowest BCUT2D eigenvalue weighted by atomic mass is 10.1. The molecule has 0 bridgehead atoms. The van der Waals surface area contributed by atoms with Crippen LogP contribution in [0.25, 0.3) is 22.1 Å². The topological polar surface area (TPSA) is 107 Å². The number of anilines is 1. The summed E-state index contributed by atoms with van der Waals surface area (Å²) in [6.07, 6.45) is 4.34. The van der Waals surface area contributed by atoms with Crippen LogP contribution >= 0.6 is 0 Å². The average molecular weight is 485 g/mol. The predicted octanol–water partition coefficient (Wildman–Crippen LogP) is 3.31. The number of hydrogen-bond acceptors (Lipinski definition) is 7. The Morgan fingerprint density at radius 2 is 1.97 bits per heavy atom. The zero-order chi connectivity index (χ0) is 24.0. The Morgan fingerprint density at radius 3 is 2.62 bits per heavy atom. The van der Waals surface area contributed by atoms with Crippen molar-refractivity contribution < 1.29 is 26.8 Å². The number of methoxy groups -OCH3 is 1. The summed E-state index contributed by atoms with van der Waals surface area (Å²) in [6.45, 7) is 1.63. The van der Waals surface area contributed by atoms with Gasteiger partial charge in [0.25, 0.3) is 10.0 Å². The second-order valence-corrected chi connectivity index (χ2v) is 9.64. The SMILES string of the molecule is COc1ccc(-c2cnn(C)c2)cc1S(=O)(=O)NC(=O)c1cc2c(F)cc(N3CCC3)cc2o1. The molecule has 2 aromatic heterocycles. The molecule has 0 atom stereocenters. The van der Waals surface area contributed by atoms with E-state index in [4.69, 9.17) is 9.15 Å². The Hall–Kier alpha value is -3.86. The number of amides is 1. The first-order valence-corrected chi connectivity index (χ1v) is 12.0. The Kier molecular flexibility index (Phi) is 5.28. The molecule has 1 fully saturated rings. The summed E-state index contributed by atoms with van der Waals surface area (Å²) in [5.41, 5.74) is 2.09. The molecule has 9 nitrogen and oxygen atoms in total. The minimum atomic E-state index is -4.35. The van der Waals surface area contributed by atoms with Gasteiger partial charge in [0.1, 0.15) is 22.0 Å². The van der Waals surface area contributed by atoms with E-state index in [1.165, 1.54) is 31.4 Å². The summed E-state index contributed by atoms with van der Waals surface area (Å²) >= 11 is 0. The van der Waals surface area contributed by atoms with Crippen molar-refractivity contribution in [3.05, 3.63) is 60.4 Å². The van der Waals surface area contributed by atoms with E-state index in [9.17, 15) is 17.6 Å². The molecule has 4 aromatic rings. The Morgan fingerprint density at radius 1 is 1.18 bits per heavy atom. The number of carbonyl (C=O) groups is 1. The maximum Gasteiger partial charge on any atom is 0.300 e. The highest BCUT2D eigenvalue weighted by Crippen LogP contribution is 2.32. The molecule has 0 aliphatic carbocycles. The van der Waals surface area contributed by atoms with Gasteiger partial charge in [0.15, 0.2) is 5.76 Å². The molecule has 0 spiro atoms. The number of rotatable bonds is 6. The Labute approximate surface area is 194 Å². The number of sulfonamides is 1. The highest BCUT2D eigenvalue weighted by molar-refractivity contribution is 7.90. The van der Waals surface area contributed by atoms with Crippen molar-refractivity contribution in [1.29, 1.82) is 0 Å². The van der Waals surface area contributed by atoms with Crippen molar-refractivity contribution in [1.82, 2.24) is 14.5 Å². The van der Waals surface area contributed by atoms with Gasteiger partial charge in [-0.15, -0.1) is 0 Å². The van der Waals surface area contributed by atoms with Crippen LogP contribution in [0.5, 0.6) is 5.75 Å². The molecule has 1 aliphatic heterocycles. The van der Waals surface area contributed by atoms with Crippen molar-refractivity contribution in [2.75, 3.05) is 25.1 Å². The molecule has 2 aromatic carbocycles. The summed E-state index contributed by atoms with van der Waals surface area (Å²) in [7, 11) is -1.28. The Balaban J connectivity index is 1.46. The molecule has 1 amide bonds. The van der Waals surface area contributed by atoms with E-state index in [1.54, 1.807) is 36.3 Å². The van der Waals surface area contributed by atoms with Gasteiger partial charge in [-0.25, -0.2) is 17.5 Å². The van der Waals surface area contributed by atoms with Gasteiger partial charge in [0.2, 0.25) is 0 Å². The first-order valence-electron chi connectivity index (χ1n) is 10.5. The van der Waals surface area contributed by atoms with Crippen LogP contribution in [0.4, 0.5) is 10.1 Å². The average Bonchev–Trinajstić information content (AvgIpc) is 3.38. The van der Waals surface area contributed by atoms with Crippen molar-refractivity contribution in [2.24, 2.45) is 7.05 Å². The van der Waals surface area contributed by atoms with E-state index in [0.29, 0.717) is 16.8 Å². The molecule has 11 heteroatoms. The number of furan rings is 1. The third-order valence-electron chi connectivity index (χ3n) is 5.74. The van der Waals surface area contributed by atoms with E-state index >= 15 is 0 Å². The monoisotopic (exact) mass is 484 g/mol. The lowest BCUT2D eigenvalue weighted by Crippen LogP contribution is -2.36. The van der Waals surface area contributed by atoms with Crippen LogP contribution in [0.1, 0.15) is 17.0 Å². The fourth-order valence-electron chi connectivity index (χ4n) is 3.82. The molecule has 1 aliphatic rings. The lowest BCUT2D eigenvalue weighted by molar-refractivity contribution is 0.0956. The number of hydrogen-bond donors (Lipinski definition) is 1. The molecule has 3 heterocycles. The summed E-state index contributed by atoms with van der Waals surface area (Å²) in [5.74, 6) is -1.82. The van der Waals surface area contributed by atoms with E-state index in [-0.39, 0.29) is 27.4 Å². The number of aromatic nitrogens is 2. The quantitative estimate of drug-likeness (QED) is 0.447. The molecule has 1 N–H and O–H groups in total. The standard InChI is InChI=1S/C23H21FN4O5S/c1-27-13-15(12-25-27)14-4-5-19(32-2)22(8-14)34(30,31)26-23(29)21-11-17-18(24)9-16(10-20(17)33-21)28-6-3-7-28/h4-5,8-13H,3,6-7H2,1-2H3,(H,26,29). The van der Waals surface area contributed by atoms with Crippen LogP contribution < -0.4 is 14.4 Å². The zero-order valence-corrected chi connectivity index (χ0v) is 19.2. The minimum Gasteiger partial charge on any atom is -0.495 e. The maximum atomic E-state index is 14.6. The minimum absolute atomic E-state index is 0.0581. The van der Waals surface area contributed by atoms with E-state index in [2.05, 4.69) is 5.10 Å². The van der Waals surface area contributed by atoms with Gasteiger partial charge in [0.05, 0.1) is 18.7 Å². The smallest absolute Gasteiger partial charge is 0.300 e. The number of carbonyl (C=O) groups excluding carboxylic acids is 1. The highest BCUT2D eigenvalue weighted by Gasteiger charge is 2.26. The van der Waals surface area contributed by atoms with Crippen LogP contribution in [-0.4, -0.2) is 44.3 Å². The highest BCUT2D eigenvalue weighted by atomic mass is 32.2. The second-order valence-electron chi connectivity index (χ2n) is 7.99. The van der Waals surface area contributed by atoms with Crippen molar-refractivity contribution >= 4 is 32.6 Å². The summed E-state index contributed by atoms with van der Waals surface area (Å²) < 4.78 is 55.1. The summed E-state index contributed by atoms with van der Waals surface area (Å²) in [4.78, 5) is 14.5. The van der Waals surface area contributed by atoms with E-state index < -0.39 is 21.7 Å². The van der Waals surface area contributed by atoms with Gasteiger partial charge in [0, 0.05) is 49.7 Å². The van der Waals surface area contributed by atoms with Crippen LogP contribution in [0.15, 0.2) is 58.1 Å². The molecule has 1 saturated heterocycles. The molecule has 0 radical (unpaired) electrons. The van der Waals surface area contributed by atoms with Gasteiger partial charge in [-0.2, -0.15) is 5.10 Å². The number of nitrogens with zero attached hydrogens (tertiary/aromatic N) is 3. The zero-order valence-electron chi connectivity index (χ0n) is 18.4. The second kappa shape index (κ2) is 8.17. The van der Waals surface area contributed by atoms with Crippen LogP contribution in [-0.2, 0) is 17.1 Å². The molecule has 0 unspecified atom stereocenters. The third kappa shape index (κ3) is 3.87. The molecule has 34 heavy (non-hydrogen) atoms. The van der Waals surface area contributed by atoms with Crippen molar-refractivity contribution in [3.63, 3.8) is 0 Å². The number of benzene rings is 2. The van der Waals surface area contributed by atoms with Gasteiger partial charge >= 0.3 is 5.91 Å². The molecular formula is C23H21FN4O5S. The normalized spacial score (nSPS) is 13.7. The van der Waals surface area contributed by atoms with E-state index in [0.717, 1.165) is 19.5 Å². The number of aryl methyl sites for hydroxylation is 1. The maximum absolute atomic E-state index is 14.6. The fourth-order valence-corrected chi connectivity index (χ4v) is 4.97. The summed E-state index contributed by atoms with van der Waals surface area (Å²) in [6, 6.07) is 8.79. The van der Waals surface area contributed by atoms with Crippen LogP contribution in [0.2, 0.25) is 0 Å². The number of ether oxygens (including phenoxy) is 1. The van der Waals surface area contributed by atoms with Gasteiger partial charge < -0.3 is 14.1 Å². The fraction of sp³-hybridized carbons (Fsp3) is 0.217. The molecule has 5 rings (SSSR count).